The molecule has 3 heteroatoms. The summed E-state index contributed by atoms with van der Waals surface area (Å²) >= 11 is 0. The number of fused-ring (bicyclic) bond motifs is 1. The Morgan fingerprint density at radius 1 is 1.28 bits per heavy atom. The number of rotatable bonds is 7. The molecule has 0 aliphatic carbocycles. The molecule has 0 fully saturated rings. The molecule has 2 rings (SSSR count). The van der Waals surface area contributed by atoms with E-state index in [4.69, 9.17) is 4.74 Å². The molecule has 1 N–H and O–H groups in total. The Kier molecular flexibility index (Phi) is 4.79. The zero-order valence-electron chi connectivity index (χ0n) is 11.3. The second-order valence-electron chi connectivity index (χ2n) is 4.56. The largest absolute Gasteiger partial charge is 0.383 e. The Hall–Kier alpha value is -1.32. The highest BCUT2D eigenvalue weighted by Gasteiger charge is 2.07. The molecule has 0 spiro atoms. The van der Waals surface area contributed by atoms with Crippen LogP contribution in [0.5, 0.6) is 0 Å². The van der Waals surface area contributed by atoms with Gasteiger partial charge in [-0.25, -0.2) is 0 Å². The number of nitrogens with zero attached hydrogens (tertiary/aromatic N) is 1. The quantitative estimate of drug-likeness (QED) is 0.759. The minimum absolute atomic E-state index is 0.759. The van der Waals surface area contributed by atoms with Crippen molar-refractivity contribution >= 4 is 10.9 Å². The van der Waals surface area contributed by atoms with Gasteiger partial charge >= 0.3 is 0 Å². The van der Waals surface area contributed by atoms with Gasteiger partial charge in [-0.3, -0.25) is 0 Å². The first-order chi connectivity index (χ1) is 8.86. The Labute approximate surface area is 109 Å². The van der Waals surface area contributed by atoms with Gasteiger partial charge in [-0.1, -0.05) is 18.2 Å². The summed E-state index contributed by atoms with van der Waals surface area (Å²) in [5.41, 5.74) is 2.76. The van der Waals surface area contributed by atoms with E-state index in [2.05, 4.69) is 40.3 Å². The van der Waals surface area contributed by atoms with Gasteiger partial charge in [0.25, 0.3) is 0 Å². The van der Waals surface area contributed by atoms with Crippen LogP contribution < -0.4 is 5.32 Å². The van der Waals surface area contributed by atoms with Gasteiger partial charge in [0.1, 0.15) is 0 Å². The van der Waals surface area contributed by atoms with E-state index in [9.17, 15) is 0 Å². The molecule has 1 aromatic carbocycles. The first-order valence-corrected chi connectivity index (χ1v) is 6.57. The zero-order valence-corrected chi connectivity index (χ0v) is 11.3. The highest BCUT2D eigenvalue weighted by molar-refractivity contribution is 5.83. The molecule has 0 bridgehead atoms. The van der Waals surface area contributed by atoms with Crippen LogP contribution >= 0.6 is 0 Å². The van der Waals surface area contributed by atoms with Crippen molar-refractivity contribution in [2.24, 2.45) is 0 Å². The predicted octanol–water partition coefficient (Wildman–Crippen LogP) is 2.44. The minimum Gasteiger partial charge on any atom is -0.383 e. The molecule has 0 unspecified atom stereocenters. The summed E-state index contributed by atoms with van der Waals surface area (Å²) in [4.78, 5) is 0. The van der Waals surface area contributed by atoms with Crippen LogP contribution in [0.2, 0.25) is 0 Å². The van der Waals surface area contributed by atoms with Crippen molar-refractivity contribution in [3.63, 3.8) is 0 Å². The highest BCUT2D eigenvalue weighted by Crippen LogP contribution is 2.22. The maximum atomic E-state index is 5.17. The fourth-order valence-electron chi connectivity index (χ4n) is 2.35. The number of aromatic nitrogens is 1. The highest BCUT2D eigenvalue weighted by atomic mass is 16.5. The first-order valence-electron chi connectivity index (χ1n) is 6.57. The molecule has 0 atom stereocenters. The molecular formula is C15H22N2O. The van der Waals surface area contributed by atoms with E-state index in [-0.39, 0.29) is 0 Å². The number of para-hydroxylation sites is 1. The monoisotopic (exact) mass is 246 g/mol. The number of aryl methyl sites for hydroxylation is 1. The summed E-state index contributed by atoms with van der Waals surface area (Å²) in [5, 5.41) is 4.58. The molecule has 1 aromatic heterocycles. The number of nitrogens with one attached hydrogen (secondary N) is 1. The van der Waals surface area contributed by atoms with Crippen molar-refractivity contribution < 1.29 is 4.74 Å². The van der Waals surface area contributed by atoms with Gasteiger partial charge in [0, 0.05) is 30.8 Å². The van der Waals surface area contributed by atoms with Crippen LogP contribution in [0.1, 0.15) is 12.0 Å². The van der Waals surface area contributed by atoms with Crippen LogP contribution in [0.15, 0.2) is 30.5 Å². The van der Waals surface area contributed by atoms with Gasteiger partial charge in [0.05, 0.1) is 6.61 Å². The molecule has 3 nitrogen and oxygen atoms in total. The lowest BCUT2D eigenvalue weighted by molar-refractivity contribution is 0.188. The molecular weight excluding hydrogens is 224 g/mol. The summed E-state index contributed by atoms with van der Waals surface area (Å²) in [6.45, 7) is 2.75. The Morgan fingerprint density at radius 3 is 2.89 bits per heavy atom. The zero-order chi connectivity index (χ0) is 12.8. The van der Waals surface area contributed by atoms with E-state index < -0.39 is 0 Å². The standard InChI is InChI=1S/C15H22N2O/c1-16-9-5-6-13-12-17(10-11-18-2)15-8-4-3-7-14(13)15/h3-4,7-8,12,16H,5-6,9-11H2,1-2H3. The van der Waals surface area contributed by atoms with Gasteiger partial charge in [-0.15, -0.1) is 0 Å². The third kappa shape index (κ3) is 2.92. The molecule has 2 aromatic rings. The van der Waals surface area contributed by atoms with Crippen molar-refractivity contribution in [2.45, 2.75) is 19.4 Å². The number of hydrogen-bond donors (Lipinski definition) is 1. The molecule has 1 heterocycles. The molecule has 0 saturated carbocycles. The van der Waals surface area contributed by atoms with Crippen LogP contribution in [0, 0.1) is 0 Å². The smallest absolute Gasteiger partial charge is 0.0641 e. The van der Waals surface area contributed by atoms with Crippen LogP contribution in [0.3, 0.4) is 0 Å². The molecule has 0 aliphatic heterocycles. The molecule has 0 saturated heterocycles. The molecule has 18 heavy (non-hydrogen) atoms. The molecule has 0 amide bonds. The normalized spacial score (nSPS) is 11.2. The van der Waals surface area contributed by atoms with E-state index in [1.54, 1.807) is 7.11 Å². The van der Waals surface area contributed by atoms with Crippen LogP contribution in [0.25, 0.3) is 10.9 Å². The lowest BCUT2D eigenvalue weighted by atomic mass is 10.1. The van der Waals surface area contributed by atoms with Crippen LogP contribution in [-0.2, 0) is 17.7 Å². The number of methoxy groups -OCH3 is 1. The van der Waals surface area contributed by atoms with Gasteiger partial charge < -0.3 is 14.6 Å². The van der Waals surface area contributed by atoms with Crippen molar-refractivity contribution in [1.29, 1.82) is 0 Å². The summed E-state index contributed by atoms with van der Waals surface area (Å²) in [5.74, 6) is 0. The fraction of sp³-hybridized carbons (Fsp3) is 0.467. The third-order valence-electron chi connectivity index (χ3n) is 3.28. The van der Waals surface area contributed by atoms with Gasteiger partial charge in [0.2, 0.25) is 0 Å². The van der Waals surface area contributed by atoms with E-state index in [1.165, 1.54) is 22.9 Å². The fourth-order valence-corrected chi connectivity index (χ4v) is 2.35. The molecule has 0 aliphatic rings. The first kappa shape index (κ1) is 13.1. The Balaban J connectivity index is 2.23. The topological polar surface area (TPSA) is 26.2 Å². The predicted molar refractivity (Wildman–Crippen MR) is 76.1 cm³/mol. The summed E-state index contributed by atoms with van der Waals surface area (Å²) < 4.78 is 7.47. The minimum atomic E-state index is 0.759. The van der Waals surface area contributed by atoms with Gasteiger partial charge in [-0.05, 0) is 38.1 Å². The van der Waals surface area contributed by atoms with Crippen LogP contribution in [0.4, 0.5) is 0 Å². The Bertz CT molecular complexity index is 490. The Morgan fingerprint density at radius 2 is 2.11 bits per heavy atom. The lowest BCUT2D eigenvalue weighted by Gasteiger charge is -2.03. The molecule has 98 valence electrons. The van der Waals surface area contributed by atoms with Crippen molar-refractivity contribution in [3.8, 4) is 0 Å². The maximum Gasteiger partial charge on any atom is 0.0641 e. The van der Waals surface area contributed by atoms with Crippen LogP contribution in [-0.4, -0.2) is 31.9 Å². The van der Waals surface area contributed by atoms with Crippen molar-refractivity contribution in [2.75, 3.05) is 27.3 Å². The van der Waals surface area contributed by atoms with Crippen molar-refractivity contribution in [1.82, 2.24) is 9.88 Å². The van der Waals surface area contributed by atoms with Crippen molar-refractivity contribution in [3.05, 3.63) is 36.0 Å². The second-order valence-corrected chi connectivity index (χ2v) is 4.56. The second kappa shape index (κ2) is 6.57. The lowest BCUT2D eigenvalue weighted by Crippen LogP contribution is -2.08. The number of hydrogen-bond acceptors (Lipinski definition) is 2. The van der Waals surface area contributed by atoms with Gasteiger partial charge in [0.15, 0.2) is 0 Å². The van der Waals surface area contributed by atoms with E-state index >= 15 is 0 Å². The average Bonchev–Trinajstić information content (AvgIpc) is 2.76. The average molecular weight is 246 g/mol. The maximum absolute atomic E-state index is 5.17. The van der Waals surface area contributed by atoms with E-state index in [1.807, 2.05) is 7.05 Å². The summed E-state index contributed by atoms with van der Waals surface area (Å²) in [6, 6.07) is 8.62. The SMILES string of the molecule is CNCCCc1cn(CCOC)c2ccccc12. The van der Waals surface area contributed by atoms with E-state index in [0.717, 1.165) is 26.1 Å². The van der Waals surface area contributed by atoms with Gasteiger partial charge in [-0.2, -0.15) is 0 Å². The third-order valence-corrected chi connectivity index (χ3v) is 3.28. The van der Waals surface area contributed by atoms with E-state index in [0.29, 0.717) is 0 Å². The summed E-state index contributed by atoms with van der Waals surface area (Å²) in [6.07, 6.45) is 4.58. The number of ether oxygens (including phenoxy) is 1. The molecule has 0 radical (unpaired) electrons. The number of benzene rings is 1. The summed E-state index contributed by atoms with van der Waals surface area (Å²) in [7, 11) is 3.75.